The number of hydrogen-bond acceptors (Lipinski definition) is 5. The van der Waals surface area contributed by atoms with Crippen LogP contribution in [-0.2, 0) is 4.74 Å². The van der Waals surface area contributed by atoms with Crippen LogP contribution in [0.5, 0.6) is 5.88 Å². The summed E-state index contributed by atoms with van der Waals surface area (Å²) < 4.78 is 11.0. The fourth-order valence-corrected chi connectivity index (χ4v) is 3.13. The first-order valence-electron chi connectivity index (χ1n) is 8.10. The number of aromatic nitrogens is 3. The van der Waals surface area contributed by atoms with Crippen LogP contribution in [0.3, 0.4) is 0 Å². The summed E-state index contributed by atoms with van der Waals surface area (Å²) in [6, 6.07) is 10.3. The Kier molecular flexibility index (Phi) is 3.82. The monoisotopic (exact) mass is 324 g/mol. The fraction of sp³-hybridized carbons (Fsp3) is 0.333. The van der Waals surface area contributed by atoms with Gasteiger partial charge in [0, 0.05) is 35.3 Å². The van der Waals surface area contributed by atoms with Crippen molar-refractivity contribution in [3.8, 4) is 17.3 Å². The normalized spacial score (nSPS) is 18.1. The number of nitrogens with zero attached hydrogens (tertiary/aromatic N) is 3. The first-order valence-corrected chi connectivity index (χ1v) is 8.10. The van der Waals surface area contributed by atoms with E-state index in [0.717, 1.165) is 28.8 Å². The maximum Gasteiger partial charge on any atom is 0.218 e. The molecule has 24 heavy (non-hydrogen) atoms. The molecular weight excluding hydrogens is 304 g/mol. The van der Waals surface area contributed by atoms with Crippen LogP contribution in [0.25, 0.3) is 22.3 Å². The predicted molar refractivity (Wildman–Crippen MR) is 93.5 cm³/mol. The molecule has 1 saturated heterocycles. The number of nitrogens with one attached hydrogen (secondary N) is 1. The van der Waals surface area contributed by atoms with Gasteiger partial charge in [-0.15, -0.1) is 0 Å². The van der Waals surface area contributed by atoms with E-state index in [-0.39, 0.29) is 6.04 Å². The molecule has 0 amide bonds. The van der Waals surface area contributed by atoms with Gasteiger partial charge in [-0.25, -0.2) is 4.98 Å². The van der Waals surface area contributed by atoms with Crippen molar-refractivity contribution >= 4 is 16.7 Å². The molecule has 0 spiro atoms. The van der Waals surface area contributed by atoms with E-state index in [0.29, 0.717) is 24.9 Å². The number of fused-ring (bicyclic) bond motifs is 1. The highest BCUT2D eigenvalue weighted by Crippen LogP contribution is 2.30. The average Bonchev–Trinajstić information content (AvgIpc) is 3.10. The molecule has 0 aliphatic carbocycles. The number of benzene rings is 1. The molecule has 0 radical (unpaired) electrons. The summed E-state index contributed by atoms with van der Waals surface area (Å²) >= 11 is 0. The Morgan fingerprint density at radius 3 is 3.04 bits per heavy atom. The lowest BCUT2D eigenvalue weighted by Crippen LogP contribution is -2.44. The zero-order chi connectivity index (χ0) is 16.5. The molecule has 0 bridgehead atoms. The molecule has 2 aromatic heterocycles. The van der Waals surface area contributed by atoms with Gasteiger partial charge >= 0.3 is 0 Å². The maximum atomic E-state index is 5.53. The molecule has 6 heteroatoms. The van der Waals surface area contributed by atoms with Crippen molar-refractivity contribution in [3.63, 3.8) is 0 Å². The molecule has 4 rings (SSSR count). The number of methoxy groups -OCH3 is 1. The molecule has 6 nitrogen and oxygen atoms in total. The van der Waals surface area contributed by atoms with Gasteiger partial charge in [0.15, 0.2) is 5.82 Å². The minimum absolute atomic E-state index is 0.272. The summed E-state index contributed by atoms with van der Waals surface area (Å²) in [6.07, 6.45) is 1.93. The van der Waals surface area contributed by atoms with Crippen LogP contribution >= 0.6 is 0 Å². The van der Waals surface area contributed by atoms with Crippen LogP contribution in [0.2, 0.25) is 0 Å². The number of morpholine rings is 1. The molecule has 0 saturated carbocycles. The molecule has 0 unspecified atom stereocenters. The van der Waals surface area contributed by atoms with Crippen molar-refractivity contribution in [2.45, 2.75) is 13.0 Å². The third-order valence-corrected chi connectivity index (χ3v) is 4.40. The Bertz CT molecular complexity index is 861. The van der Waals surface area contributed by atoms with Crippen LogP contribution < -0.4 is 9.64 Å². The summed E-state index contributed by atoms with van der Waals surface area (Å²) in [5.41, 5.74) is 2.06. The van der Waals surface area contributed by atoms with Gasteiger partial charge in [0.25, 0.3) is 0 Å². The summed E-state index contributed by atoms with van der Waals surface area (Å²) in [6.45, 7) is 4.36. The Morgan fingerprint density at radius 1 is 1.29 bits per heavy atom. The van der Waals surface area contributed by atoms with Gasteiger partial charge in [0.1, 0.15) is 5.82 Å². The largest absolute Gasteiger partial charge is 0.481 e. The molecule has 3 heterocycles. The second-order valence-electron chi connectivity index (χ2n) is 5.95. The molecule has 124 valence electrons. The van der Waals surface area contributed by atoms with E-state index in [9.17, 15) is 0 Å². The molecule has 1 aromatic carbocycles. The zero-order valence-electron chi connectivity index (χ0n) is 13.8. The van der Waals surface area contributed by atoms with Gasteiger partial charge in [0.05, 0.1) is 26.4 Å². The Hall–Kier alpha value is -2.60. The van der Waals surface area contributed by atoms with Crippen molar-refractivity contribution in [1.29, 1.82) is 0 Å². The van der Waals surface area contributed by atoms with Crippen molar-refractivity contribution in [2.24, 2.45) is 0 Å². The van der Waals surface area contributed by atoms with Gasteiger partial charge in [-0.2, -0.15) is 4.98 Å². The van der Waals surface area contributed by atoms with Crippen LogP contribution in [0, 0.1) is 0 Å². The lowest BCUT2D eigenvalue weighted by molar-refractivity contribution is 0.0985. The maximum absolute atomic E-state index is 5.53. The number of rotatable bonds is 3. The van der Waals surface area contributed by atoms with Crippen LogP contribution in [-0.4, -0.2) is 47.9 Å². The number of ether oxygens (including phenoxy) is 2. The van der Waals surface area contributed by atoms with Gasteiger partial charge in [-0.1, -0.05) is 12.1 Å². The van der Waals surface area contributed by atoms with Crippen molar-refractivity contribution in [2.75, 3.05) is 31.8 Å². The highest BCUT2D eigenvalue weighted by molar-refractivity contribution is 5.93. The third-order valence-electron chi connectivity index (χ3n) is 4.40. The lowest BCUT2D eigenvalue weighted by atomic mass is 10.1. The molecule has 1 fully saturated rings. The lowest BCUT2D eigenvalue weighted by Gasteiger charge is -2.34. The Labute approximate surface area is 140 Å². The van der Waals surface area contributed by atoms with Crippen LogP contribution in [0.4, 0.5) is 5.82 Å². The predicted octanol–water partition coefficient (Wildman–Crippen LogP) is 2.86. The summed E-state index contributed by atoms with van der Waals surface area (Å²) in [5, 5.41) is 1.10. The van der Waals surface area contributed by atoms with E-state index in [1.165, 1.54) is 0 Å². The molecule has 1 atom stereocenters. The minimum atomic E-state index is 0.272. The van der Waals surface area contributed by atoms with Gasteiger partial charge in [0.2, 0.25) is 5.88 Å². The SMILES string of the molecule is COc1cc(N2CCOC[C@H]2C)nc(-c2cccc3[nH]ccc23)n1. The summed E-state index contributed by atoms with van der Waals surface area (Å²) in [5.74, 6) is 2.12. The van der Waals surface area contributed by atoms with E-state index in [4.69, 9.17) is 14.5 Å². The van der Waals surface area contributed by atoms with Crippen LogP contribution in [0.1, 0.15) is 6.92 Å². The summed E-state index contributed by atoms with van der Waals surface area (Å²) in [7, 11) is 1.63. The number of hydrogen-bond donors (Lipinski definition) is 1. The third kappa shape index (κ3) is 2.59. The van der Waals surface area contributed by atoms with Crippen molar-refractivity contribution in [1.82, 2.24) is 15.0 Å². The zero-order valence-corrected chi connectivity index (χ0v) is 13.8. The van der Waals surface area contributed by atoms with E-state index in [1.54, 1.807) is 7.11 Å². The standard InChI is InChI=1S/C18H20N4O2/c1-12-11-24-9-8-22(12)16-10-17(23-2)21-18(20-16)14-4-3-5-15-13(14)6-7-19-15/h3-7,10,12,19H,8-9,11H2,1-2H3/t12-/m1/s1. The molecular formula is C18H20N4O2. The highest BCUT2D eigenvalue weighted by Gasteiger charge is 2.22. The van der Waals surface area contributed by atoms with Crippen molar-refractivity contribution in [3.05, 3.63) is 36.5 Å². The molecule has 1 aliphatic heterocycles. The van der Waals surface area contributed by atoms with E-state index in [1.807, 2.05) is 36.5 Å². The fourth-order valence-electron chi connectivity index (χ4n) is 3.13. The smallest absolute Gasteiger partial charge is 0.218 e. The van der Waals surface area contributed by atoms with Gasteiger partial charge in [-0.3, -0.25) is 0 Å². The topological polar surface area (TPSA) is 63.3 Å². The average molecular weight is 324 g/mol. The second-order valence-corrected chi connectivity index (χ2v) is 5.95. The van der Waals surface area contributed by atoms with E-state index < -0.39 is 0 Å². The van der Waals surface area contributed by atoms with E-state index >= 15 is 0 Å². The number of aromatic amines is 1. The van der Waals surface area contributed by atoms with Crippen molar-refractivity contribution < 1.29 is 9.47 Å². The Morgan fingerprint density at radius 2 is 2.21 bits per heavy atom. The first-order chi connectivity index (χ1) is 11.8. The highest BCUT2D eigenvalue weighted by atomic mass is 16.5. The molecule has 3 aromatic rings. The number of anilines is 1. The second kappa shape index (κ2) is 6.13. The molecule has 1 N–H and O–H groups in total. The quantitative estimate of drug-likeness (QED) is 0.802. The Balaban J connectivity index is 1.84. The van der Waals surface area contributed by atoms with Gasteiger partial charge < -0.3 is 19.4 Å². The number of H-pyrrole nitrogens is 1. The summed E-state index contributed by atoms with van der Waals surface area (Å²) in [4.78, 5) is 14.9. The minimum Gasteiger partial charge on any atom is -0.481 e. The van der Waals surface area contributed by atoms with E-state index in [2.05, 4.69) is 21.8 Å². The molecule has 1 aliphatic rings. The van der Waals surface area contributed by atoms with Gasteiger partial charge in [-0.05, 0) is 19.1 Å². The van der Waals surface area contributed by atoms with Crippen LogP contribution in [0.15, 0.2) is 36.5 Å². The first kappa shape index (κ1) is 15.0.